The number of hydrogen-bond acceptors (Lipinski definition) is 3. The first kappa shape index (κ1) is 15.4. The molecule has 2 aromatic rings. The summed E-state index contributed by atoms with van der Waals surface area (Å²) in [6.07, 6.45) is -0.404. The minimum Gasteiger partial charge on any atom is -0.426 e. The number of ether oxygens (including phenoxy) is 1. The Morgan fingerprint density at radius 1 is 1.00 bits per heavy atom. The summed E-state index contributed by atoms with van der Waals surface area (Å²) in [5.41, 5.74) is 0.421. The van der Waals surface area contributed by atoms with Gasteiger partial charge in [-0.05, 0) is 30.3 Å². The third kappa shape index (κ3) is 5.10. The maximum Gasteiger partial charge on any atom is 0.320 e. The number of rotatable bonds is 4. The van der Waals surface area contributed by atoms with Crippen molar-refractivity contribution in [3.63, 3.8) is 0 Å². The van der Waals surface area contributed by atoms with Crippen molar-refractivity contribution in [1.82, 2.24) is 0 Å². The molecule has 0 fully saturated rings. The van der Waals surface area contributed by atoms with Crippen molar-refractivity contribution in [2.45, 2.75) is 6.42 Å². The van der Waals surface area contributed by atoms with Gasteiger partial charge < -0.3 is 10.1 Å². The highest BCUT2D eigenvalue weighted by molar-refractivity contribution is 6.35. The molecule has 0 bridgehead atoms. The zero-order valence-electron chi connectivity index (χ0n) is 10.8. The first-order chi connectivity index (χ1) is 10.0. The van der Waals surface area contributed by atoms with E-state index in [1.807, 2.05) is 0 Å². The van der Waals surface area contributed by atoms with Gasteiger partial charge in [-0.25, -0.2) is 0 Å². The Morgan fingerprint density at radius 2 is 1.62 bits per heavy atom. The van der Waals surface area contributed by atoms with Crippen LogP contribution in [0.1, 0.15) is 6.42 Å². The Kier molecular flexibility index (Phi) is 5.20. The minimum atomic E-state index is -0.646. The van der Waals surface area contributed by atoms with Gasteiger partial charge in [0, 0.05) is 15.7 Å². The second-order valence-electron chi connectivity index (χ2n) is 4.17. The van der Waals surface area contributed by atoms with Crippen LogP contribution in [-0.2, 0) is 9.59 Å². The van der Waals surface area contributed by atoms with E-state index in [1.54, 1.807) is 36.4 Å². The van der Waals surface area contributed by atoms with Gasteiger partial charge in [0.15, 0.2) is 0 Å². The van der Waals surface area contributed by atoms with Crippen molar-refractivity contribution >= 4 is 40.8 Å². The van der Waals surface area contributed by atoms with Crippen molar-refractivity contribution in [2.24, 2.45) is 0 Å². The van der Waals surface area contributed by atoms with E-state index < -0.39 is 18.3 Å². The monoisotopic (exact) mass is 323 g/mol. The second kappa shape index (κ2) is 7.11. The molecule has 0 saturated heterocycles. The topological polar surface area (TPSA) is 55.4 Å². The van der Waals surface area contributed by atoms with Crippen molar-refractivity contribution in [2.75, 3.05) is 5.32 Å². The number of carbonyl (C=O) groups is 2. The summed E-state index contributed by atoms with van der Waals surface area (Å²) >= 11 is 11.6. The molecule has 1 N–H and O–H groups in total. The Bertz CT molecular complexity index is 639. The number of nitrogens with one attached hydrogen (secondary N) is 1. The summed E-state index contributed by atoms with van der Waals surface area (Å²) in [6.45, 7) is 0. The minimum absolute atomic E-state index is 0.390. The molecule has 0 aromatic heterocycles. The summed E-state index contributed by atoms with van der Waals surface area (Å²) in [7, 11) is 0. The fourth-order valence-corrected chi connectivity index (χ4v) is 2.14. The van der Waals surface area contributed by atoms with Gasteiger partial charge in [0.1, 0.15) is 12.2 Å². The molecule has 0 atom stereocenters. The Hall–Kier alpha value is -2.04. The Morgan fingerprint density at radius 3 is 2.24 bits per heavy atom. The normalized spacial score (nSPS) is 10.0. The predicted molar refractivity (Wildman–Crippen MR) is 81.8 cm³/mol. The van der Waals surface area contributed by atoms with Crippen LogP contribution in [0.2, 0.25) is 10.0 Å². The first-order valence-electron chi connectivity index (χ1n) is 6.04. The van der Waals surface area contributed by atoms with Gasteiger partial charge in [0.2, 0.25) is 5.91 Å². The molecular weight excluding hydrogens is 313 g/mol. The number of carbonyl (C=O) groups excluding carboxylic acids is 2. The van der Waals surface area contributed by atoms with Gasteiger partial charge in [-0.2, -0.15) is 0 Å². The number of para-hydroxylation sites is 1. The Balaban J connectivity index is 1.91. The highest BCUT2D eigenvalue weighted by Gasteiger charge is 2.12. The largest absolute Gasteiger partial charge is 0.426 e. The molecule has 21 heavy (non-hydrogen) atoms. The van der Waals surface area contributed by atoms with Crippen LogP contribution in [0.15, 0.2) is 48.5 Å². The molecule has 0 aliphatic rings. The van der Waals surface area contributed by atoms with E-state index >= 15 is 0 Å². The van der Waals surface area contributed by atoms with Gasteiger partial charge in [-0.1, -0.05) is 41.4 Å². The quantitative estimate of drug-likeness (QED) is 0.527. The SMILES string of the molecule is O=C(CC(=O)Oc1ccccc1)Nc1cc(Cl)cc(Cl)c1. The maximum atomic E-state index is 11.7. The lowest BCUT2D eigenvalue weighted by molar-refractivity contribution is -0.137. The van der Waals surface area contributed by atoms with Crippen LogP contribution in [0, 0.1) is 0 Å². The molecule has 2 aromatic carbocycles. The van der Waals surface area contributed by atoms with Crippen LogP contribution >= 0.6 is 23.2 Å². The van der Waals surface area contributed by atoms with Crippen LogP contribution in [-0.4, -0.2) is 11.9 Å². The molecule has 0 heterocycles. The average molecular weight is 324 g/mol. The van der Waals surface area contributed by atoms with Crippen molar-refractivity contribution in [3.8, 4) is 5.75 Å². The molecule has 6 heteroatoms. The first-order valence-corrected chi connectivity index (χ1v) is 6.80. The Labute approximate surface area is 131 Å². The molecule has 0 aliphatic carbocycles. The molecular formula is C15H11Cl2NO3. The molecule has 108 valence electrons. The van der Waals surface area contributed by atoms with Crippen LogP contribution in [0.4, 0.5) is 5.69 Å². The average Bonchev–Trinajstić information content (AvgIpc) is 2.37. The van der Waals surface area contributed by atoms with Crippen molar-refractivity contribution in [1.29, 1.82) is 0 Å². The zero-order valence-corrected chi connectivity index (χ0v) is 12.3. The molecule has 2 rings (SSSR count). The van der Waals surface area contributed by atoms with Crippen LogP contribution in [0.3, 0.4) is 0 Å². The maximum absolute atomic E-state index is 11.7. The number of esters is 1. The van der Waals surface area contributed by atoms with Crippen LogP contribution in [0.5, 0.6) is 5.75 Å². The summed E-state index contributed by atoms with van der Waals surface area (Å²) in [5.74, 6) is -0.762. The smallest absolute Gasteiger partial charge is 0.320 e. The molecule has 4 nitrogen and oxygen atoms in total. The summed E-state index contributed by atoms with van der Waals surface area (Å²) in [6, 6.07) is 13.1. The van der Waals surface area contributed by atoms with E-state index in [2.05, 4.69) is 5.32 Å². The number of benzene rings is 2. The fourth-order valence-electron chi connectivity index (χ4n) is 1.62. The molecule has 1 amide bonds. The van der Waals surface area contributed by atoms with Crippen LogP contribution < -0.4 is 10.1 Å². The summed E-state index contributed by atoms with van der Waals surface area (Å²) < 4.78 is 5.02. The number of halogens is 2. The lowest BCUT2D eigenvalue weighted by Crippen LogP contribution is -2.19. The molecule has 0 unspecified atom stereocenters. The van der Waals surface area contributed by atoms with Crippen LogP contribution in [0.25, 0.3) is 0 Å². The van der Waals surface area contributed by atoms with E-state index in [9.17, 15) is 9.59 Å². The standard InChI is InChI=1S/C15H11Cl2NO3/c16-10-6-11(17)8-12(7-10)18-14(19)9-15(20)21-13-4-2-1-3-5-13/h1-8H,9H2,(H,18,19). The number of hydrogen-bond donors (Lipinski definition) is 1. The summed E-state index contributed by atoms with van der Waals surface area (Å²) in [4.78, 5) is 23.3. The third-order valence-electron chi connectivity index (χ3n) is 2.43. The van der Waals surface area contributed by atoms with Crippen molar-refractivity contribution in [3.05, 3.63) is 58.6 Å². The van der Waals surface area contributed by atoms with E-state index in [4.69, 9.17) is 27.9 Å². The molecule has 0 radical (unpaired) electrons. The molecule has 0 aliphatic heterocycles. The lowest BCUT2D eigenvalue weighted by atomic mass is 10.3. The van der Waals surface area contributed by atoms with Gasteiger partial charge in [0.25, 0.3) is 0 Å². The number of anilines is 1. The lowest BCUT2D eigenvalue weighted by Gasteiger charge is -2.07. The van der Waals surface area contributed by atoms with Gasteiger partial charge in [-0.15, -0.1) is 0 Å². The highest BCUT2D eigenvalue weighted by Crippen LogP contribution is 2.22. The van der Waals surface area contributed by atoms with Gasteiger partial charge in [0.05, 0.1) is 0 Å². The second-order valence-corrected chi connectivity index (χ2v) is 5.04. The highest BCUT2D eigenvalue weighted by atomic mass is 35.5. The summed E-state index contributed by atoms with van der Waals surface area (Å²) in [5, 5.41) is 3.32. The van der Waals surface area contributed by atoms with E-state index in [0.717, 1.165) is 0 Å². The van der Waals surface area contributed by atoms with Crippen molar-refractivity contribution < 1.29 is 14.3 Å². The molecule has 0 saturated carbocycles. The van der Waals surface area contributed by atoms with E-state index in [1.165, 1.54) is 12.1 Å². The molecule has 0 spiro atoms. The third-order valence-corrected chi connectivity index (χ3v) is 2.86. The van der Waals surface area contributed by atoms with Gasteiger partial charge in [-0.3, -0.25) is 9.59 Å². The predicted octanol–water partition coefficient (Wildman–Crippen LogP) is 3.93. The fraction of sp³-hybridized carbons (Fsp3) is 0.0667. The van der Waals surface area contributed by atoms with E-state index in [0.29, 0.717) is 21.5 Å². The van der Waals surface area contributed by atoms with Gasteiger partial charge >= 0.3 is 5.97 Å². The zero-order chi connectivity index (χ0) is 15.2. The van der Waals surface area contributed by atoms with E-state index in [-0.39, 0.29) is 0 Å². The number of amides is 1.